The van der Waals surface area contributed by atoms with Crippen molar-refractivity contribution < 1.29 is 19.5 Å². The van der Waals surface area contributed by atoms with Crippen LogP contribution in [0.1, 0.15) is 0 Å². The number of amides is 3. The minimum absolute atomic E-state index is 0.108. The van der Waals surface area contributed by atoms with E-state index < -0.39 is 18.0 Å². The van der Waals surface area contributed by atoms with Crippen LogP contribution < -0.4 is 10.2 Å². The summed E-state index contributed by atoms with van der Waals surface area (Å²) >= 11 is 1.39. The van der Waals surface area contributed by atoms with E-state index in [-0.39, 0.29) is 12.5 Å². The van der Waals surface area contributed by atoms with Crippen LogP contribution in [0.15, 0.2) is 24.3 Å². The van der Waals surface area contributed by atoms with Crippen LogP contribution in [0.5, 0.6) is 0 Å². The molecule has 2 heterocycles. The van der Waals surface area contributed by atoms with Crippen LogP contribution in [0, 0.1) is 0 Å². The fourth-order valence-electron chi connectivity index (χ4n) is 2.39. The minimum Gasteiger partial charge on any atom is -0.480 e. The molecule has 3 rings (SSSR count). The predicted octanol–water partition coefficient (Wildman–Crippen LogP) is 1.02. The van der Waals surface area contributed by atoms with Gasteiger partial charge in [-0.3, -0.25) is 9.69 Å². The van der Waals surface area contributed by atoms with Crippen LogP contribution in [-0.4, -0.2) is 52.1 Å². The van der Waals surface area contributed by atoms with Crippen molar-refractivity contribution in [3.63, 3.8) is 0 Å². The second-order valence-electron chi connectivity index (χ2n) is 4.76. The van der Waals surface area contributed by atoms with Gasteiger partial charge in [-0.15, -0.1) is 11.8 Å². The second kappa shape index (κ2) is 5.28. The molecule has 1 atom stereocenters. The Bertz CT molecular complexity index is 621. The Hall–Kier alpha value is -2.22. The number of thioether (sulfide) groups is 1. The Morgan fingerprint density at radius 1 is 1.33 bits per heavy atom. The number of para-hydroxylation sites is 2. The summed E-state index contributed by atoms with van der Waals surface area (Å²) < 4.78 is 0. The lowest BCUT2D eigenvalue weighted by Gasteiger charge is -2.33. The number of carbonyl (C=O) groups is 3. The van der Waals surface area contributed by atoms with Gasteiger partial charge in [-0.2, -0.15) is 0 Å². The zero-order valence-corrected chi connectivity index (χ0v) is 11.8. The minimum atomic E-state index is -1.02. The molecule has 8 heteroatoms. The van der Waals surface area contributed by atoms with Crippen molar-refractivity contribution in [2.45, 2.75) is 6.04 Å². The average molecular weight is 307 g/mol. The lowest BCUT2D eigenvalue weighted by Crippen LogP contribution is -2.52. The highest BCUT2D eigenvalue weighted by Gasteiger charge is 2.39. The molecule has 1 aromatic carbocycles. The number of carboxylic acid groups (broad SMARTS) is 1. The number of carboxylic acids is 1. The molecule has 2 aliphatic heterocycles. The fourth-order valence-corrected chi connectivity index (χ4v) is 3.53. The predicted molar refractivity (Wildman–Crippen MR) is 78.4 cm³/mol. The summed E-state index contributed by atoms with van der Waals surface area (Å²) in [6, 6.07) is 5.67. The molecule has 2 aliphatic rings. The van der Waals surface area contributed by atoms with Crippen LogP contribution in [0.3, 0.4) is 0 Å². The third kappa shape index (κ3) is 2.42. The van der Waals surface area contributed by atoms with Crippen molar-refractivity contribution in [2.24, 2.45) is 0 Å². The third-order valence-corrected chi connectivity index (χ3v) is 4.43. The van der Waals surface area contributed by atoms with E-state index in [2.05, 4.69) is 5.32 Å². The molecular weight excluding hydrogens is 294 g/mol. The topological polar surface area (TPSA) is 90.0 Å². The van der Waals surface area contributed by atoms with Crippen molar-refractivity contribution in [3.05, 3.63) is 24.3 Å². The number of nitrogens with zero attached hydrogens (tertiary/aromatic N) is 2. The molecule has 1 fully saturated rings. The van der Waals surface area contributed by atoms with Crippen LogP contribution >= 0.6 is 11.8 Å². The van der Waals surface area contributed by atoms with Gasteiger partial charge in [-0.1, -0.05) is 12.1 Å². The SMILES string of the molecule is O=C1CN(C(=O)N2CSC[C@H]2C(=O)O)c2ccccc2N1. The quantitative estimate of drug-likeness (QED) is 0.808. The number of hydrogen-bond acceptors (Lipinski definition) is 4. The molecule has 0 aliphatic carbocycles. The number of carbonyl (C=O) groups excluding carboxylic acids is 2. The first kappa shape index (κ1) is 13.7. The summed E-state index contributed by atoms with van der Waals surface area (Å²) in [6.45, 7) is -0.108. The average Bonchev–Trinajstić information content (AvgIpc) is 2.95. The summed E-state index contributed by atoms with van der Waals surface area (Å²) in [5.74, 6) is -0.636. The van der Waals surface area contributed by atoms with Crippen LogP contribution in [0.4, 0.5) is 16.2 Å². The highest BCUT2D eigenvalue weighted by Crippen LogP contribution is 2.31. The molecule has 21 heavy (non-hydrogen) atoms. The number of rotatable bonds is 1. The molecule has 110 valence electrons. The second-order valence-corrected chi connectivity index (χ2v) is 5.76. The molecule has 0 spiro atoms. The van der Waals surface area contributed by atoms with Gasteiger partial charge in [0.15, 0.2) is 0 Å². The van der Waals surface area contributed by atoms with Crippen molar-refractivity contribution in [1.29, 1.82) is 0 Å². The van der Waals surface area contributed by atoms with Crippen LogP contribution in [0.2, 0.25) is 0 Å². The molecule has 3 amide bonds. The number of nitrogens with one attached hydrogen (secondary N) is 1. The largest absolute Gasteiger partial charge is 0.480 e. The van der Waals surface area contributed by atoms with Gasteiger partial charge < -0.3 is 15.3 Å². The number of aliphatic carboxylic acids is 1. The highest BCUT2D eigenvalue weighted by molar-refractivity contribution is 7.99. The molecule has 0 unspecified atom stereocenters. The van der Waals surface area contributed by atoms with Gasteiger partial charge in [-0.05, 0) is 12.1 Å². The van der Waals surface area contributed by atoms with Gasteiger partial charge in [0.25, 0.3) is 0 Å². The maximum atomic E-state index is 12.6. The number of anilines is 2. The Kier molecular flexibility index (Phi) is 3.46. The standard InChI is InChI=1S/C13H13N3O4S/c17-11-5-15(9-4-2-1-3-8(9)14-11)13(20)16-7-21-6-10(16)12(18)19/h1-4,10H,5-7H2,(H,14,17)(H,18,19)/t10-/m0/s1. The van der Waals surface area contributed by atoms with Gasteiger partial charge in [0.05, 0.1) is 17.3 Å². The van der Waals surface area contributed by atoms with E-state index in [1.165, 1.54) is 21.6 Å². The van der Waals surface area contributed by atoms with E-state index in [4.69, 9.17) is 0 Å². The third-order valence-electron chi connectivity index (χ3n) is 3.41. The summed E-state index contributed by atoms with van der Waals surface area (Å²) in [7, 11) is 0. The van der Waals surface area contributed by atoms with Gasteiger partial charge in [0, 0.05) is 5.75 Å². The number of hydrogen-bond donors (Lipinski definition) is 2. The zero-order chi connectivity index (χ0) is 15.0. The molecule has 0 radical (unpaired) electrons. The number of urea groups is 1. The van der Waals surface area contributed by atoms with Crippen molar-refractivity contribution in [3.8, 4) is 0 Å². The Labute approximate surface area is 124 Å². The summed E-state index contributed by atoms with van der Waals surface area (Å²) in [5.41, 5.74) is 1.14. The maximum absolute atomic E-state index is 12.6. The van der Waals surface area contributed by atoms with Crippen LogP contribution in [0.25, 0.3) is 0 Å². The first-order valence-electron chi connectivity index (χ1n) is 6.35. The van der Waals surface area contributed by atoms with E-state index in [0.29, 0.717) is 23.0 Å². The Morgan fingerprint density at radius 2 is 2.10 bits per heavy atom. The van der Waals surface area contributed by atoms with E-state index in [1.807, 2.05) is 0 Å². The summed E-state index contributed by atoms with van der Waals surface area (Å²) in [5, 5.41) is 11.9. The van der Waals surface area contributed by atoms with E-state index in [9.17, 15) is 19.5 Å². The normalized spacial score (nSPS) is 21.0. The van der Waals surface area contributed by atoms with Gasteiger partial charge in [0.1, 0.15) is 12.6 Å². The number of benzene rings is 1. The molecule has 2 N–H and O–H groups in total. The van der Waals surface area contributed by atoms with Gasteiger partial charge in [0.2, 0.25) is 5.91 Å². The zero-order valence-electron chi connectivity index (χ0n) is 11.0. The first-order valence-corrected chi connectivity index (χ1v) is 7.51. The van der Waals surface area contributed by atoms with Crippen LogP contribution in [-0.2, 0) is 9.59 Å². The molecular formula is C13H13N3O4S. The number of fused-ring (bicyclic) bond motifs is 1. The van der Waals surface area contributed by atoms with Crippen molar-refractivity contribution >= 4 is 41.0 Å². The molecule has 0 bridgehead atoms. The van der Waals surface area contributed by atoms with E-state index in [0.717, 1.165) is 0 Å². The Morgan fingerprint density at radius 3 is 2.86 bits per heavy atom. The Balaban J connectivity index is 1.91. The lowest BCUT2D eigenvalue weighted by atomic mass is 10.2. The van der Waals surface area contributed by atoms with Gasteiger partial charge in [-0.25, -0.2) is 9.59 Å². The lowest BCUT2D eigenvalue weighted by molar-refractivity contribution is -0.140. The van der Waals surface area contributed by atoms with E-state index in [1.54, 1.807) is 24.3 Å². The molecule has 7 nitrogen and oxygen atoms in total. The van der Waals surface area contributed by atoms with Gasteiger partial charge >= 0.3 is 12.0 Å². The van der Waals surface area contributed by atoms with E-state index >= 15 is 0 Å². The molecule has 0 aromatic heterocycles. The van der Waals surface area contributed by atoms with Crippen molar-refractivity contribution in [2.75, 3.05) is 28.4 Å². The highest BCUT2D eigenvalue weighted by atomic mass is 32.2. The maximum Gasteiger partial charge on any atom is 0.327 e. The smallest absolute Gasteiger partial charge is 0.327 e. The summed E-state index contributed by atoms with van der Waals surface area (Å²) in [4.78, 5) is 38.2. The summed E-state index contributed by atoms with van der Waals surface area (Å²) in [6.07, 6.45) is 0. The van der Waals surface area contributed by atoms with Crippen molar-refractivity contribution in [1.82, 2.24) is 4.90 Å². The molecule has 1 aromatic rings. The fraction of sp³-hybridized carbons (Fsp3) is 0.308. The first-order chi connectivity index (χ1) is 10.1. The molecule has 1 saturated heterocycles. The molecule has 0 saturated carbocycles. The monoisotopic (exact) mass is 307 g/mol.